The largest absolute Gasteiger partial charge is 0.0651 e. The van der Waals surface area contributed by atoms with Gasteiger partial charge >= 0.3 is 0 Å². The highest BCUT2D eigenvalue weighted by Crippen LogP contribution is 2.22. The van der Waals surface area contributed by atoms with Gasteiger partial charge in [-0.05, 0) is 23.8 Å². The van der Waals surface area contributed by atoms with Crippen LogP contribution in [0.3, 0.4) is 0 Å². The van der Waals surface area contributed by atoms with E-state index in [4.69, 9.17) is 0 Å². The molecule has 0 heteroatoms. The van der Waals surface area contributed by atoms with Gasteiger partial charge in [-0.15, -0.1) is 0 Å². The summed E-state index contributed by atoms with van der Waals surface area (Å²) in [6.45, 7) is 6.97. The molecule has 0 aromatic heterocycles. The zero-order valence-electron chi connectivity index (χ0n) is 9.66. The lowest BCUT2D eigenvalue weighted by molar-refractivity contribution is 0.336. The SMILES string of the molecule is CC[C@@H](Cc1ccccc1)[C@H](C)CC. The molecule has 0 aliphatic heterocycles. The molecule has 1 aromatic carbocycles. The lowest BCUT2D eigenvalue weighted by atomic mass is 9.84. The molecule has 0 radical (unpaired) electrons. The van der Waals surface area contributed by atoms with Crippen LogP contribution >= 0.6 is 0 Å². The summed E-state index contributed by atoms with van der Waals surface area (Å²) < 4.78 is 0. The van der Waals surface area contributed by atoms with Crippen LogP contribution in [0.15, 0.2) is 30.3 Å². The van der Waals surface area contributed by atoms with Crippen LogP contribution in [0.25, 0.3) is 0 Å². The van der Waals surface area contributed by atoms with E-state index >= 15 is 0 Å². The Morgan fingerprint density at radius 2 is 1.64 bits per heavy atom. The minimum Gasteiger partial charge on any atom is -0.0651 e. The number of hydrogen-bond acceptors (Lipinski definition) is 0. The molecule has 0 unspecified atom stereocenters. The number of hydrogen-bond donors (Lipinski definition) is 0. The van der Waals surface area contributed by atoms with Crippen LogP contribution in [0.5, 0.6) is 0 Å². The van der Waals surface area contributed by atoms with Crippen molar-refractivity contribution in [2.24, 2.45) is 11.8 Å². The first-order chi connectivity index (χ1) is 6.77. The summed E-state index contributed by atoms with van der Waals surface area (Å²) in [6, 6.07) is 10.8. The van der Waals surface area contributed by atoms with E-state index in [2.05, 4.69) is 51.1 Å². The van der Waals surface area contributed by atoms with Gasteiger partial charge in [0.05, 0.1) is 0 Å². The Hall–Kier alpha value is -0.780. The van der Waals surface area contributed by atoms with Crippen LogP contribution in [-0.4, -0.2) is 0 Å². The fourth-order valence-corrected chi connectivity index (χ4v) is 2.00. The summed E-state index contributed by atoms with van der Waals surface area (Å²) in [5.41, 5.74) is 1.49. The summed E-state index contributed by atoms with van der Waals surface area (Å²) >= 11 is 0. The molecule has 1 rings (SSSR count). The van der Waals surface area contributed by atoms with E-state index < -0.39 is 0 Å². The van der Waals surface area contributed by atoms with E-state index in [1.54, 1.807) is 0 Å². The molecule has 0 bridgehead atoms. The van der Waals surface area contributed by atoms with Crippen molar-refractivity contribution in [3.63, 3.8) is 0 Å². The van der Waals surface area contributed by atoms with E-state index in [1.165, 1.54) is 24.8 Å². The van der Waals surface area contributed by atoms with Crippen LogP contribution in [0.4, 0.5) is 0 Å². The average Bonchev–Trinajstić information content (AvgIpc) is 2.26. The van der Waals surface area contributed by atoms with Crippen molar-refractivity contribution < 1.29 is 0 Å². The first kappa shape index (κ1) is 11.3. The normalized spacial score (nSPS) is 15.1. The zero-order valence-corrected chi connectivity index (χ0v) is 9.66. The molecule has 0 saturated carbocycles. The van der Waals surface area contributed by atoms with Gasteiger partial charge in [0, 0.05) is 0 Å². The predicted octanol–water partition coefficient (Wildman–Crippen LogP) is 4.30. The lowest BCUT2D eigenvalue weighted by Gasteiger charge is -2.21. The van der Waals surface area contributed by atoms with Gasteiger partial charge in [0.15, 0.2) is 0 Å². The van der Waals surface area contributed by atoms with E-state index in [1.807, 2.05) is 0 Å². The Morgan fingerprint density at radius 3 is 2.14 bits per heavy atom. The maximum Gasteiger partial charge on any atom is -0.0248 e. The Bertz CT molecular complexity index is 237. The maximum absolute atomic E-state index is 2.37. The molecule has 2 atom stereocenters. The predicted molar refractivity (Wildman–Crippen MR) is 63.4 cm³/mol. The van der Waals surface area contributed by atoms with Crippen LogP contribution in [-0.2, 0) is 6.42 Å². The molecule has 0 N–H and O–H groups in total. The molecular formula is C14H22. The number of benzene rings is 1. The van der Waals surface area contributed by atoms with Gasteiger partial charge in [-0.25, -0.2) is 0 Å². The van der Waals surface area contributed by atoms with Crippen molar-refractivity contribution in [3.8, 4) is 0 Å². The van der Waals surface area contributed by atoms with Gasteiger partial charge in [-0.1, -0.05) is 63.9 Å². The van der Waals surface area contributed by atoms with Gasteiger partial charge in [-0.2, -0.15) is 0 Å². The molecular weight excluding hydrogens is 168 g/mol. The van der Waals surface area contributed by atoms with Gasteiger partial charge < -0.3 is 0 Å². The molecule has 0 spiro atoms. The van der Waals surface area contributed by atoms with E-state index in [0.29, 0.717) is 0 Å². The van der Waals surface area contributed by atoms with Crippen LogP contribution < -0.4 is 0 Å². The molecule has 0 nitrogen and oxygen atoms in total. The second-order valence-corrected chi connectivity index (χ2v) is 4.24. The topological polar surface area (TPSA) is 0 Å². The van der Waals surface area contributed by atoms with Gasteiger partial charge in [0.25, 0.3) is 0 Å². The Morgan fingerprint density at radius 1 is 1.00 bits per heavy atom. The van der Waals surface area contributed by atoms with Crippen LogP contribution in [0.1, 0.15) is 39.2 Å². The molecule has 0 saturated heterocycles. The highest BCUT2D eigenvalue weighted by atomic mass is 14.2. The van der Waals surface area contributed by atoms with Crippen molar-refractivity contribution in [2.45, 2.75) is 40.0 Å². The molecule has 0 amide bonds. The molecule has 78 valence electrons. The van der Waals surface area contributed by atoms with Crippen LogP contribution in [0, 0.1) is 11.8 Å². The van der Waals surface area contributed by atoms with Crippen molar-refractivity contribution in [2.75, 3.05) is 0 Å². The summed E-state index contributed by atoms with van der Waals surface area (Å²) in [7, 11) is 0. The first-order valence-corrected chi connectivity index (χ1v) is 5.81. The molecule has 0 aliphatic rings. The quantitative estimate of drug-likeness (QED) is 0.649. The van der Waals surface area contributed by atoms with E-state index in [0.717, 1.165) is 11.8 Å². The van der Waals surface area contributed by atoms with E-state index in [-0.39, 0.29) is 0 Å². The molecule has 1 aromatic rings. The highest BCUT2D eigenvalue weighted by molar-refractivity contribution is 5.15. The average molecular weight is 190 g/mol. The second kappa shape index (κ2) is 5.85. The first-order valence-electron chi connectivity index (χ1n) is 5.81. The third-order valence-electron chi connectivity index (χ3n) is 3.31. The van der Waals surface area contributed by atoms with Crippen molar-refractivity contribution in [1.82, 2.24) is 0 Å². The third-order valence-corrected chi connectivity index (χ3v) is 3.31. The smallest absolute Gasteiger partial charge is 0.0248 e. The molecule has 14 heavy (non-hydrogen) atoms. The molecule has 0 fully saturated rings. The molecule has 0 aliphatic carbocycles. The Labute approximate surface area is 88.4 Å². The monoisotopic (exact) mass is 190 g/mol. The van der Waals surface area contributed by atoms with Crippen molar-refractivity contribution in [3.05, 3.63) is 35.9 Å². The Kier molecular flexibility index (Phi) is 4.72. The fourth-order valence-electron chi connectivity index (χ4n) is 2.00. The number of rotatable bonds is 5. The van der Waals surface area contributed by atoms with Gasteiger partial charge in [0.2, 0.25) is 0 Å². The molecule has 0 heterocycles. The maximum atomic E-state index is 2.37. The highest BCUT2D eigenvalue weighted by Gasteiger charge is 2.13. The lowest BCUT2D eigenvalue weighted by Crippen LogP contribution is -2.12. The standard InChI is InChI=1S/C14H22/c1-4-12(3)14(5-2)11-13-9-7-6-8-10-13/h6-10,12,14H,4-5,11H2,1-3H3/t12-,14+/m1/s1. The fraction of sp³-hybridized carbons (Fsp3) is 0.571. The van der Waals surface area contributed by atoms with Crippen molar-refractivity contribution >= 4 is 0 Å². The summed E-state index contributed by atoms with van der Waals surface area (Å²) in [5.74, 6) is 1.70. The Balaban J connectivity index is 2.57. The van der Waals surface area contributed by atoms with E-state index in [9.17, 15) is 0 Å². The summed E-state index contributed by atoms with van der Waals surface area (Å²) in [6.07, 6.45) is 3.83. The summed E-state index contributed by atoms with van der Waals surface area (Å²) in [5, 5.41) is 0. The van der Waals surface area contributed by atoms with Crippen LogP contribution in [0.2, 0.25) is 0 Å². The second-order valence-electron chi connectivity index (χ2n) is 4.24. The minimum absolute atomic E-state index is 0.847. The van der Waals surface area contributed by atoms with Gasteiger partial charge in [0.1, 0.15) is 0 Å². The zero-order chi connectivity index (χ0) is 10.4. The van der Waals surface area contributed by atoms with Crippen molar-refractivity contribution in [1.29, 1.82) is 0 Å². The van der Waals surface area contributed by atoms with Gasteiger partial charge in [-0.3, -0.25) is 0 Å². The minimum atomic E-state index is 0.847. The third kappa shape index (κ3) is 3.17. The summed E-state index contributed by atoms with van der Waals surface area (Å²) in [4.78, 5) is 0.